The molecule has 29 heavy (non-hydrogen) atoms. The smallest absolute Gasteiger partial charge is 0.254 e. The van der Waals surface area contributed by atoms with Gasteiger partial charge in [-0.25, -0.2) is 0 Å². The number of halogens is 1. The Labute approximate surface area is 180 Å². The molecule has 1 amide bonds. The Morgan fingerprint density at radius 3 is 2.72 bits per heavy atom. The molecule has 1 aliphatic rings. The molecular weight excluding hydrogens is 436 g/mol. The summed E-state index contributed by atoms with van der Waals surface area (Å²) in [5, 5.41) is 0. The van der Waals surface area contributed by atoms with Gasteiger partial charge in [-0.2, -0.15) is 0 Å². The maximum atomic E-state index is 13.6. The third kappa shape index (κ3) is 5.34. The highest BCUT2D eigenvalue weighted by molar-refractivity contribution is 9.10. The minimum atomic E-state index is -0.0306. The van der Waals surface area contributed by atoms with Crippen LogP contribution < -0.4 is 9.47 Å². The van der Waals surface area contributed by atoms with Crippen LogP contribution in [-0.2, 0) is 6.54 Å². The minimum absolute atomic E-state index is 0.0306. The van der Waals surface area contributed by atoms with E-state index in [4.69, 9.17) is 13.9 Å². The van der Waals surface area contributed by atoms with Crippen molar-refractivity contribution in [3.05, 3.63) is 46.3 Å². The first kappa shape index (κ1) is 21.7. The van der Waals surface area contributed by atoms with Gasteiger partial charge in [0.2, 0.25) is 0 Å². The first-order valence-corrected chi connectivity index (χ1v) is 10.8. The first-order chi connectivity index (χ1) is 14.0. The lowest BCUT2D eigenvalue weighted by Crippen LogP contribution is -2.46. The maximum Gasteiger partial charge on any atom is 0.254 e. The van der Waals surface area contributed by atoms with Crippen molar-refractivity contribution < 1.29 is 18.7 Å². The lowest BCUT2D eigenvalue weighted by Gasteiger charge is -2.37. The van der Waals surface area contributed by atoms with Gasteiger partial charge in [-0.1, -0.05) is 6.92 Å². The van der Waals surface area contributed by atoms with Gasteiger partial charge in [0.05, 0.1) is 31.0 Å². The number of nitrogens with zero attached hydrogens (tertiary/aromatic N) is 2. The van der Waals surface area contributed by atoms with Gasteiger partial charge in [-0.05, 0) is 79.6 Å². The largest absolute Gasteiger partial charge is 0.493 e. The van der Waals surface area contributed by atoms with Gasteiger partial charge in [-0.3, -0.25) is 4.79 Å². The van der Waals surface area contributed by atoms with Crippen LogP contribution in [0, 0.1) is 0 Å². The summed E-state index contributed by atoms with van der Waals surface area (Å²) in [5.41, 5.74) is 0.572. The number of furan rings is 1. The number of methoxy groups -OCH3 is 1. The Kier molecular flexibility index (Phi) is 7.61. The molecule has 1 aromatic heterocycles. The lowest BCUT2D eigenvalue weighted by molar-refractivity contribution is 0.0550. The average Bonchev–Trinajstić information content (AvgIpc) is 3.24. The number of carbonyl (C=O) groups excluding carboxylic acids is 1. The number of hydrogen-bond donors (Lipinski definition) is 0. The lowest BCUT2D eigenvalue weighted by atomic mass is 10.0. The van der Waals surface area contributed by atoms with E-state index in [0.717, 1.165) is 42.6 Å². The van der Waals surface area contributed by atoms with Crippen LogP contribution in [0.5, 0.6) is 11.5 Å². The Morgan fingerprint density at radius 2 is 2.10 bits per heavy atom. The van der Waals surface area contributed by atoms with E-state index < -0.39 is 0 Å². The van der Waals surface area contributed by atoms with Gasteiger partial charge in [-0.15, -0.1) is 0 Å². The number of likely N-dealkylation sites (tertiary alicyclic amines) is 1. The molecule has 1 fully saturated rings. The molecule has 6 nitrogen and oxygen atoms in total. The van der Waals surface area contributed by atoms with E-state index in [1.54, 1.807) is 19.4 Å². The molecule has 3 rings (SSSR count). The summed E-state index contributed by atoms with van der Waals surface area (Å²) >= 11 is 3.55. The molecule has 158 valence electrons. The predicted molar refractivity (Wildman–Crippen MR) is 116 cm³/mol. The Bertz CT molecular complexity index is 801. The number of benzene rings is 1. The van der Waals surface area contributed by atoms with Gasteiger partial charge in [0.15, 0.2) is 11.5 Å². The highest BCUT2D eigenvalue weighted by Crippen LogP contribution is 2.37. The molecule has 0 saturated carbocycles. The average molecular weight is 465 g/mol. The highest BCUT2D eigenvalue weighted by atomic mass is 79.9. The number of ether oxygens (including phenoxy) is 2. The van der Waals surface area contributed by atoms with Crippen molar-refractivity contribution >= 4 is 21.8 Å². The third-order valence-corrected chi connectivity index (χ3v) is 5.81. The number of piperidine rings is 1. The van der Waals surface area contributed by atoms with Gasteiger partial charge < -0.3 is 23.7 Å². The normalized spacial score (nSPS) is 15.3. The summed E-state index contributed by atoms with van der Waals surface area (Å²) < 4.78 is 17.6. The summed E-state index contributed by atoms with van der Waals surface area (Å²) in [4.78, 5) is 17.8. The first-order valence-electron chi connectivity index (χ1n) is 10.1. The molecule has 0 aliphatic carbocycles. The summed E-state index contributed by atoms with van der Waals surface area (Å²) in [5.74, 6) is 1.93. The molecule has 0 radical (unpaired) electrons. The molecule has 1 aromatic carbocycles. The topological polar surface area (TPSA) is 55.2 Å². The van der Waals surface area contributed by atoms with Crippen molar-refractivity contribution in [2.75, 3.05) is 33.9 Å². The van der Waals surface area contributed by atoms with Crippen LogP contribution in [0.25, 0.3) is 0 Å². The molecule has 2 heterocycles. The van der Waals surface area contributed by atoms with Crippen LogP contribution in [0.1, 0.15) is 42.3 Å². The summed E-state index contributed by atoms with van der Waals surface area (Å²) in [6.45, 7) is 5.04. The number of carbonyl (C=O) groups is 1. The molecule has 0 N–H and O–H groups in total. The SMILES string of the molecule is CCCOc1c(Br)cc(C(=O)N(Cc2ccco2)C2CCN(C)CC2)cc1OC. The zero-order valence-electron chi connectivity index (χ0n) is 17.3. The molecule has 0 unspecified atom stereocenters. The van der Waals surface area contributed by atoms with Crippen LogP contribution >= 0.6 is 15.9 Å². The van der Waals surface area contributed by atoms with Crippen molar-refractivity contribution in [1.29, 1.82) is 0 Å². The van der Waals surface area contributed by atoms with E-state index in [-0.39, 0.29) is 11.9 Å². The molecule has 2 aromatic rings. The van der Waals surface area contributed by atoms with Crippen molar-refractivity contribution in [3.63, 3.8) is 0 Å². The van der Waals surface area contributed by atoms with E-state index >= 15 is 0 Å². The van der Waals surface area contributed by atoms with Crippen molar-refractivity contribution in [2.45, 2.75) is 38.8 Å². The second-order valence-electron chi connectivity index (χ2n) is 7.38. The van der Waals surface area contributed by atoms with Gasteiger partial charge in [0.25, 0.3) is 5.91 Å². The highest BCUT2D eigenvalue weighted by Gasteiger charge is 2.29. The molecule has 1 aliphatic heterocycles. The second kappa shape index (κ2) is 10.2. The van der Waals surface area contributed by atoms with Crippen LogP contribution in [0.3, 0.4) is 0 Å². The molecule has 0 spiro atoms. The second-order valence-corrected chi connectivity index (χ2v) is 8.24. The monoisotopic (exact) mass is 464 g/mol. The van der Waals surface area contributed by atoms with E-state index in [9.17, 15) is 4.79 Å². The van der Waals surface area contributed by atoms with Gasteiger partial charge in [0, 0.05) is 11.6 Å². The van der Waals surface area contributed by atoms with E-state index in [1.165, 1.54) is 0 Å². The van der Waals surface area contributed by atoms with E-state index in [2.05, 4.69) is 27.9 Å². The summed E-state index contributed by atoms with van der Waals surface area (Å²) in [6.07, 6.45) is 4.42. The van der Waals surface area contributed by atoms with Crippen LogP contribution in [0.2, 0.25) is 0 Å². The quantitative estimate of drug-likeness (QED) is 0.572. The van der Waals surface area contributed by atoms with Crippen LogP contribution in [0.4, 0.5) is 0 Å². The van der Waals surface area contributed by atoms with E-state index in [1.807, 2.05) is 30.0 Å². The standard InChI is InChI=1S/C22H29BrN2O4/c1-4-11-29-21-19(23)13-16(14-20(21)27-3)22(26)25(15-18-6-5-12-28-18)17-7-9-24(2)10-8-17/h5-6,12-14,17H,4,7-11,15H2,1-3H3. The fourth-order valence-electron chi connectivity index (χ4n) is 3.60. The van der Waals surface area contributed by atoms with Gasteiger partial charge >= 0.3 is 0 Å². The van der Waals surface area contributed by atoms with Crippen molar-refractivity contribution in [1.82, 2.24) is 9.80 Å². The summed E-state index contributed by atoms with van der Waals surface area (Å²) in [7, 11) is 3.71. The zero-order valence-corrected chi connectivity index (χ0v) is 18.9. The number of amides is 1. The Hall–Kier alpha value is -1.99. The van der Waals surface area contributed by atoms with Crippen molar-refractivity contribution in [3.8, 4) is 11.5 Å². The van der Waals surface area contributed by atoms with Crippen LogP contribution in [-0.4, -0.2) is 55.6 Å². The summed E-state index contributed by atoms with van der Waals surface area (Å²) in [6, 6.07) is 7.52. The van der Waals surface area contributed by atoms with Gasteiger partial charge in [0.1, 0.15) is 5.76 Å². The van der Waals surface area contributed by atoms with Crippen LogP contribution in [0.15, 0.2) is 39.4 Å². The fraction of sp³-hybridized carbons (Fsp3) is 0.500. The van der Waals surface area contributed by atoms with E-state index in [0.29, 0.717) is 30.2 Å². The predicted octanol–water partition coefficient (Wildman–Crippen LogP) is 4.58. The maximum absolute atomic E-state index is 13.6. The minimum Gasteiger partial charge on any atom is -0.493 e. The Balaban J connectivity index is 1.89. The molecule has 1 saturated heterocycles. The zero-order chi connectivity index (χ0) is 20.8. The number of rotatable bonds is 8. The molecule has 0 atom stereocenters. The number of hydrogen-bond acceptors (Lipinski definition) is 5. The Morgan fingerprint density at radius 1 is 1.34 bits per heavy atom. The molecular formula is C22H29BrN2O4. The molecule has 7 heteroatoms. The molecule has 0 bridgehead atoms. The third-order valence-electron chi connectivity index (χ3n) is 5.22. The fourth-order valence-corrected chi connectivity index (χ4v) is 4.15. The van der Waals surface area contributed by atoms with Crippen molar-refractivity contribution in [2.24, 2.45) is 0 Å².